The summed E-state index contributed by atoms with van der Waals surface area (Å²) in [6, 6.07) is 15.2. The van der Waals surface area contributed by atoms with Gasteiger partial charge in [0.25, 0.3) is 0 Å². The summed E-state index contributed by atoms with van der Waals surface area (Å²) in [5, 5.41) is 0.992. The van der Waals surface area contributed by atoms with Crippen LogP contribution in [0, 0.1) is 0 Å². The molecule has 0 aliphatic carbocycles. The smallest absolute Gasteiger partial charge is 0.317 e. The maximum Gasteiger partial charge on any atom is 0.317 e. The molecule has 0 N–H and O–H groups in total. The van der Waals surface area contributed by atoms with E-state index in [1.165, 1.54) is 30.4 Å². The van der Waals surface area contributed by atoms with Gasteiger partial charge in [-0.25, -0.2) is 4.98 Å². The van der Waals surface area contributed by atoms with Gasteiger partial charge in [0, 0.05) is 18.2 Å². The second-order valence-electron chi connectivity index (χ2n) is 8.37. The molecule has 0 aliphatic heterocycles. The lowest BCUT2D eigenvalue weighted by molar-refractivity contribution is 0.0566. The fourth-order valence-corrected chi connectivity index (χ4v) is 3.65. The van der Waals surface area contributed by atoms with Crippen molar-refractivity contribution in [3.8, 4) is 17.1 Å². The number of fused-ring (bicyclic) bond motifs is 1. The first-order valence-electron chi connectivity index (χ1n) is 12.1. The lowest BCUT2D eigenvalue weighted by atomic mass is 10.0. The van der Waals surface area contributed by atoms with Crippen molar-refractivity contribution in [2.45, 2.75) is 58.5 Å². The molecule has 2 aromatic carbocycles. The third kappa shape index (κ3) is 8.14. The van der Waals surface area contributed by atoms with E-state index in [9.17, 15) is 0 Å². The second kappa shape index (κ2) is 13.5. The molecule has 0 spiro atoms. The standard InChI is InChI=1S/C29H36N2O2/c1-4-6-10-20-32-23(3)11-8-7-9-12-24-13-15-25(16-14-24)26-17-18-28-27(21-26)22-30-29(31-28)33-19-5-2/h5,9,12-18,21-23H,2,4,6-8,10-11,19-20H2,1,3H3. The number of ether oxygens (including phenoxy) is 2. The summed E-state index contributed by atoms with van der Waals surface area (Å²) < 4.78 is 11.3. The Bertz CT molecular complexity index is 1030. The summed E-state index contributed by atoms with van der Waals surface area (Å²) in [6.45, 7) is 9.34. The van der Waals surface area contributed by atoms with Gasteiger partial charge in [0.2, 0.25) is 0 Å². The molecular weight excluding hydrogens is 408 g/mol. The van der Waals surface area contributed by atoms with E-state index in [1.54, 1.807) is 12.3 Å². The van der Waals surface area contributed by atoms with Crippen molar-refractivity contribution in [2.75, 3.05) is 13.2 Å². The highest BCUT2D eigenvalue weighted by molar-refractivity contribution is 5.84. The van der Waals surface area contributed by atoms with Crippen LogP contribution in [0.4, 0.5) is 0 Å². The highest BCUT2D eigenvalue weighted by Gasteiger charge is 2.04. The summed E-state index contributed by atoms with van der Waals surface area (Å²) in [7, 11) is 0. The van der Waals surface area contributed by atoms with Crippen LogP contribution < -0.4 is 4.74 Å². The van der Waals surface area contributed by atoms with Crippen molar-refractivity contribution in [2.24, 2.45) is 0 Å². The normalized spacial score (nSPS) is 12.3. The van der Waals surface area contributed by atoms with Gasteiger partial charge in [-0.3, -0.25) is 0 Å². The summed E-state index contributed by atoms with van der Waals surface area (Å²) >= 11 is 0. The number of benzene rings is 2. The minimum absolute atomic E-state index is 0.355. The zero-order valence-electron chi connectivity index (χ0n) is 20.0. The van der Waals surface area contributed by atoms with Gasteiger partial charge in [-0.05, 0) is 61.4 Å². The molecule has 1 aromatic heterocycles. The van der Waals surface area contributed by atoms with E-state index in [-0.39, 0.29) is 0 Å². The first-order chi connectivity index (χ1) is 16.2. The van der Waals surface area contributed by atoms with E-state index in [0.717, 1.165) is 42.3 Å². The molecule has 0 amide bonds. The van der Waals surface area contributed by atoms with Crippen LogP contribution in [0.25, 0.3) is 28.1 Å². The third-order valence-electron chi connectivity index (χ3n) is 5.57. The Morgan fingerprint density at radius 3 is 2.64 bits per heavy atom. The summed E-state index contributed by atoms with van der Waals surface area (Å²) in [5.41, 5.74) is 4.41. The predicted molar refractivity (Wildman–Crippen MR) is 138 cm³/mol. The Labute approximate surface area is 198 Å². The van der Waals surface area contributed by atoms with Gasteiger partial charge in [0.15, 0.2) is 0 Å². The molecule has 1 heterocycles. The van der Waals surface area contributed by atoms with Crippen molar-refractivity contribution >= 4 is 17.0 Å². The predicted octanol–water partition coefficient (Wildman–Crippen LogP) is 7.64. The first-order valence-corrected chi connectivity index (χ1v) is 12.1. The first kappa shape index (κ1) is 24.7. The number of rotatable bonds is 14. The van der Waals surface area contributed by atoms with Gasteiger partial charge >= 0.3 is 6.01 Å². The van der Waals surface area contributed by atoms with Gasteiger partial charge in [-0.15, -0.1) is 0 Å². The van der Waals surface area contributed by atoms with Gasteiger partial charge in [0.05, 0.1) is 11.6 Å². The van der Waals surface area contributed by atoms with Crippen LogP contribution in [-0.2, 0) is 4.74 Å². The fourth-order valence-electron chi connectivity index (χ4n) is 3.65. The average molecular weight is 445 g/mol. The third-order valence-corrected chi connectivity index (χ3v) is 5.57. The number of nitrogens with zero attached hydrogens (tertiary/aromatic N) is 2. The average Bonchev–Trinajstić information content (AvgIpc) is 2.85. The molecular formula is C29H36N2O2. The number of hydrogen-bond donors (Lipinski definition) is 0. The molecule has 3 rings (SSSR count). The Morgan fingerprint density at radius 1 is 1.03 bits per heavy atom. The zero-order chi connectivity index (χ0) is 23.3. The van der Waals surface area contributed by atoms with Crippen LogP contribution in [0.3, 0.4) is 0 Å². The SMILES string of the molecule is C=CCOc1ncc2cc(-c3ccc(C=CCCCC(C)OCCCCC)cc3)ccc2n1. The van der Waals surface area contributed by atoms with Gasteiger partial charge in [0.1, 0.15) is 6.61 Å². The molecule has 33 heavy (non-hydrogen) atoms. The number of aromatic nitrogens is 2. The van der Waals surface area contributed by atoms with Crippen molar-refractivity contribution in [1.29, 1.82) is 0 Å². The zero-order valence-corrected chi connectivity index (χ0v) is 20.0. The number of hydrogen-bond acceptors (Lipinski definition) is 4. The summed E-state index contributed by atoms with van der Waals surface area (Å²) in [5.74, 6) is 0. The van der Waals surface area contributed by atoms with E-state index >= 15 is 0 Å². The highest BCUT2D eigenvalue weighted by Crippen LogP contribution is 2.25. The molecule has 0 radical (unpaired) electrons. The van der Waals surface area contributed by atoms with Crippen LogP contribution in [0.5, 0.6) is 6.01 Å². The quantitative estimate of drug-likeness (QED) is 0.189. The van der Waals surface area contributed by atoms with Gasteiger partial charge in [-0.2, -0.15) is 4.98 Å². The molecule has 0 aliphatic rings. The van der Waals surface area contributed by atoms with Crippen LogP contribution in [0.2, 0.25) is 0 Å². The van der Waals surface area contributed by atoms with Gasteiger partial charge in [-0.1, -0.05) is 74.9 Å². The van der Waals surface area contributed by atoms with Crippen LogP contribution in [0.1, 0.15) is 57.9 Å². The van der Waals surface area contributed by atoms with E-state index < -0.39 is 0 Å². The Hall–Kier alpha value is -2.98. The molecule has 174 valence electrons. The summed E-state index contributed by atoms with van der Waals surface area (Å²) in [4.78, 5) is 8.72. The lowest BCUT2D eigenvalue weighted by Crippen LogP contribution is -2.08. The summed E-state index contributed by atoms with van der Waals surface area (Å²) in [6.07, 6.45) is 15.3. The number of unbranched alkanes of at least 4 members (excludes halogenated alkanes) is 3. The fraction of sp³-hybridized carbons (Fsp3) is 0.379. The molecule has 0 saturated heterocycles. The molecule has 0 saturated carbocycles. The monoisotopic (exact) mass is 444 g/mol. The van der Waals surface area contributed by atoms with E-state index in [1.807, 2.05) is 6.07 Å². The molecule has 0 fully saturated rings. The second-order valence-corrected chi connectivity index (χ2v) is 8.37. The van der Waals surface area contributed by atoms with Gasteiger partial charge < -0.3 is 9.47 Å². The van der Waals surface area contributed by atoms with Crippen molar-refractivity contribution < 1.29 is 9.47 Å². The number of allylic oxidation sites excluding steroid dienone is 1. The van der Waals surface area contributed by atoms with Crippen LogP contribution >= 0.6 is 0 Å². The Balaban J connectivity index is 1.49. The molecule has 3 aromatic rings. The van der Waals surface area contributed by atoms with Crippen LogP contribution in [-0.4, -0.2) is 29.3 Å². The molecule has 1 atom stereocenters. The van der Waals surface area contributed by atoms with Crippen molar-refractivity contribution in [3.05, 3.63) is 73.0 Å². The maximum atomic E-state index is 5.87. The molecule has 0 bridgehead atoms. The van der Waals surface area contributed by atoms with Crippen LogP contribution in [0.15, 0.2) is 67.4 Å². The highest BCUT2D eigenvalue weighted by atomic mass is 16.5. The van der Waals surface area contributed by atoms with E-state index in [0.29, 0.717) is 18.7 Å². The topological polar surface area (TPSA) is 44.2 Å². The van der Waals surface area contributed by atoms with E-state index in [4.69, 9.17) is 9.47 Å². The Kier molecular flexibility index (Phi) is 10.1. The molecule has 4 nitrogen and oxygen atoms in total. The minimum atomic E-state index is 0.355. The largest absolute Gasteiger partial charge is 0.459 e. The molecule has 4 heteroatoms. The lowest BCUT2D eigenvalue weighted by Gasteiger charge is -2.12. The minimum Gasteiger partial charge on any atom is -0.459 e. The van der Waals surface area contributed by atoms with Crippen molar-refractivity contribution in [1.82, 2.24) is 9.97 Å². The maximum absolute atomic E-state index is 5.87. The Morgan fingerprint density at radius 2 is 1.85 bits per heavy atom. The van der Waals surface area contributed by atoms with Crippen molar-refractivity contribution in [3.63, 3.8) is 0 Å². The molecule has 1 unspecified atom stereocenters. The van der Waals surface area contributed by atoms with E-state index in [2.05, 4.69) is 78.9 Å².